The molecule has 0 bridgehead atoms. The summed E-state index contributed by atoms with van der Waals surface area (Å²) in [5.74, 6) is -0.596. The number of alkyl halides is 1. The van der Waals surface area contributed by atoms with Crippen LogP contribution in [0.3, 0.4) is 0 Å². The number of hydrogen-bond donors (Lipinski definition) is 1. The van der Waals surface area contributed by atoms with E-state index in [0.717, 1.165) is 107 Å². The highest BCUT2D eigenvalue weighted by molar-refractivity contribution is 6.21. The molecule has 4 atom stereocenters. The average Bonchev–Trinajstić information content (AvgIpc) is 4.18. The van der Waals surface area contributed by atoms with Crippen molar-refractivity contribution in [3.63, 3.8) is 0 Å². The van der Waals surface area contributed by atoms with Gasteiger partial charge in [0, 0.05) is 72.2 Å². The Morgan fingerprint density at radius 1 is 0.658 bits per heavy atom. The molecule has 4 aromatic carbocycles. The summed E-state index contributed by atoms with van der Waals surface area (Å²) in [6.45, 7) is 25.0. The fourth-order valence-electron chi connectivity index (χ4n) is 13.1. The first-order chi connectivity index (χ1) is 37.1. The van der Waals surface area contributed by atoms with Crippen LogP contribution in [0.4, 0.5) is 0 Å². The highest BCUT2D eigenvalue weighted by Gasteiger charge is 2.44. The Morgan fingerprint density at radius 3 is 1.65 bits per heavy atom. The van der Waals surface area contributed by atoms with Crippen molar-refractivity contribution in [2.75, 3.05) is 67.6 Å². The zero-order chi connectivity index (χ0) is 57.7. The number of ether oxygens (including phenoxy) is 2. The van der Waals surface area contributed by atoms with Crippen LogP contribution in [0, 0.1) is 35.5 Å². The molecule has 2 saturated heterocycles. The molecule has 2 aromatic heterocycles. The molecule has 4 aliphatic rings. The fourth-order valence-corrected chi connectivity index (χ4v) is 13.4. The first-order valence-corrected chi connectivity index (χ1v) is 28.1. The highest BCUT2D eigenvalue weighted by Crippen LogP contribution is 2.49. The zero-order valence-electron chi connectivity index (χ0n) is 49.5. The molecular formula is C62H83ClN10O6. The summed E-state index contributed by atoms with van der Waals surface area (Å²) in [6, 6.07) is 21.6. The van der Waals surface area contributed by atoms with Crippen molar-refractivity contribution >= 4 is 57.4 Å². The molecule has 0 radical (unpaired) electrons. The highest BCUT2D eigenvalue weighted by atomic mass is 35.5. The summed E-state index contributed by atoms with van der Waals surface area (Å²) >= 11 is 6.57. The molecule has 0 saturated carbocycles. The van der Waals surface area contributed by atoms with Crippen molar-refractivity contribution in [2.24, 2.45) is 35.8 Å². The molecule has 4 heterocycles. The Bertz CT molecular complexity index is 3280. The first-order valence-electron chi connectivity index (χ1n) is 27.7. The lowest BCUT2D eigenvalue weighted by Gasteiger charge is -2.35. The number of rotatable bonds is 9. The van der Waals surface area contributed by atoms with Crippen LogP contribution in [-0.4, -0.2) is 136 Å². The number of benzene rings is 4. The number of fused-ring (bicyclic) bond motifs is 4. The van der Waals surface area contributed by atoms with Crippen molar-refractivity contribution in [2.45, 2.75) is 118 Å². The number of methoxy groups -OCH3 is 2. The second kappa shape index (κ2) is 22.7. The minimum Gasteiger partial charge on any atom is -0.469 e. The molecule has 79 heavy (non-hydrogen) atoms. The van der Waals surface area contributed by atoms with Crippen molar-refractivity contribution < 1.29 is 28.7 Å². The molecule has 2 aliphatic heterocycles. The number of aromatic nitrogens is 6. The van der Waals surface area contributed by atoms with E-state index in [1.165, 1.54) is 36.5 Å². The van der Waals surface area contributed by atoms with Crippen molar-refractivity contribution in [1.82, 2.24) is 50.0 Å². The van der Waals surface area contributed by atoms with E-state index in [4.69, 9.17) is 21.1 Å². The van der Waals surface area contributed by atoms with Gasteiger partial charge in [-0.1, -0.05) is 86.7 Å². The molecule has 424 valence electrons. The van der Waals surface area contributed by atoms with Gasteiger partial charge in [-0.05, 0) is 146 Å². The second-order valence-electron chi connectivity index (χ2n) is 25.3. The third-order valence-corrected chi connectivity index (χ3v) is 17.6. The van der Waals surface area contributed by atoms with E-state index in [1.807, 2.05) is 79.8 Å². The summed E-state index contributed by atoms with van der Waals surface area (Å²) in [5, 5.41) is 20.3. The molecule has 2 aliphatic carbocycles. The van der Waals surface area contributed by atoms with Gasteiger partial charge in [0.25, 0.3) is 0 Å². The number of hydrogen-bond acceptors (Lipinski definition) is 12. The van der Waals surface area contributed by atoms with Crippen molar-refractivity contribution in [3.05, 3.63) is 116 Å². The predicted octanol–water partition coefficient (Wildman–Crippen LogP) is 9.30. The fraction of sp³-hybridized carbons (Fsp3) is 0.548. The van der Waals surface area contributed by atoms with Gasteiger partial charge in [-0.15, -0.1) is 21.8 Å². The lowest BCUT2D eigenvalue weighted by atomic mass is 9.69. The SMILES string of the molecule is CN1CC(C)(C)CNCC1=O.COC(=O)C(C)(C)C(c1ccc2c(c1)C(Cl)CC2)c1ccc2c(nnn2C)c1C.COC(=O)C(C)(C)C(c1ccc2c(c1)C(N1CC(=O)N(C)CC(C)(C)C1)CC2)c1ccc2c(nnn2C)c1C. The average molecular weight is 1100 g/mol. The van der Waals surface area contributed by atoms with Crippen LogP contribution in [-0.2, 0) is 55.6 Å². The summed E-state index contributed by atoms with van der Waals surface area (Å²) in [5.41, 5.74) is 13.6. The van der Waals surface area contributed by atoms with Crippen LogP contribution in [0.2, 0.25) is 0 Å². The Hall–Kier alpha value is -6.23. The maximum atomic E-state index is 13.2. The number of esters is 2. The van der Waals surface area contributed by atoms with E-state index in [2.05, 4.69) is 114 Å². The zero-order valence-corrected chi connectivity index (χ0v) is 50.3. The Labute approximate surface area is 471 Å². The Balaban J connectivity index is 0.000000179. The van der Waals surface area contributed by atoms with Gasteiger partial charge in [0.15, 0.2) is 0 Å². The summed E-state index contributed by atoms with van der Waals surface area (Å²) in [6.07, 6.45) is 3.92. The summed E-state index contributed by atoms with van der Waals surface area (Å²) in [7, 11) is 10.4. The van der Waals surface area contributed by atoms with E-state index in [9.17, 15) is 19.2 Å². The van der Waals surface area contributed by atoms with Gasteiger partial charge >= 0.3 is 11.9 Å². The van der Waals surface area contributed by atoms with Crippen LogP contribution in [0.5, 0.6) is 0 Å². The van der Waals surface area contributed by atoms with Crippen LogP contribution >= 0.6 is 11.6 Å². The molecule has 17 heteroatoms. The van der Waals surface area contributed by atoms with Gasteiger partial charge in [-0.25, -0.2) is 9.36 Å². The number of nitrogens with zero attached hydrogens (tertiary/aromatic N) is 9. The van der Waals surface area contributed by atoms with Crippen LogP contribution < -0.4 is 5.32 Å². The predicted molar refractivity (Wildman–Crippen MR) is 310 cm³/mol. The standard InChI is InChI=1S/C31H41N5O3.C23H26ClN3O2.C8H16N2O/c1-19-22(12-14-25-28(19)32-33-35(25)7)27(31(4,5)29(38)39-8)21-10-9-20-11-13-24(23(20)15-21)36-16-26(37)34(6)17-30(2,3)18-36;1-13-16(9-11-19-21(13)25-26-27(19)4)20(23(2,3)22(28)29-5)15-7-6-14-8-10-18(24)17(14)12-15;1-8(2)5-9-4-7(11)10(3)6-8/h9-10,12,14-15,24,27H,11,13,16-18H2,1-8H3;6-7,9,11-12,18,20H,8,10H2,1-5H3;9H,4-6H2,1-3H3. The number of aryl methyl sites for hydroxylation is 6. The monoisotopic (exact) mass is 1100 g/mol. The van der Waals surface area contributed by atoms with E-state index < -0.39 is 10.8 Å². The van der Waals surface area contributed by atoms with Gasteiger partial charge in [0.1, 0.15) is 11.0 Å². The third-order valence-electron chi connectivity index (χ3n) is 17.2. The molecular weight excluding hydrogens is 1020 g/mol. The number of likely N-dealkylation sites (N-methyl/N-ethyl adjacent to an activating group) is 2. The third kappa shape index (κ3) is 11.8. The molecule has 1 N–H and O–H groups in total. The van der Waals surface area contributed by atoms with Crippen LogP contribution in [0.25, 0.3) is 22.1 Å². The van der Waals surface area contributed by atoms with Gasteiger partial charge < -0.3 is 24.6 Å². The Kier molecular flexibility index (Phi) is 16.9. The molecule has 16 nitrogen and oxygen atoms in total. The molecule has 4 unspecified atom stereocenters. The smallest absolute Gasteiger partial charge is 0.312 e. The lowest BCUT2D eigenvalue weighted by molar-refractivity contribution is -0.152. The van der Waals surface area contributed by atoms with E-state index >= 15 is 0 Å². The maximum Gasteiger partial charge on any atom is 0.312 e. The maximum absolute atomic E-state index is 13.2. The van der Waals surface area contributed by atoms with Gasteiger partial charge in [-0.3, -0.25) is 24.1 Å². The number of amides is 2. The van der Waals surface area contributed by atoms with E-state index in [0.29, 0.717) is 13.1 Å². The number of carbonyl (C=O) groups is 4. The molecule has 2 amide bonds. The molecule has 0 spiro atoms. The Morgan fingerprint density at radius 2 is 1.13 bits per heavy atom. The van der Waals surface area contributed by atoms with Crippen LogP contribution in [0.1, 0.15) is 147 Å². The van der Waals surface area contributed by atoms with Crippen molar-refractivity contribution in [1.29, 1.82) is 0 Å². The number of carbonyl (C=O) groups excluding carboxylic acids is 4. The first kappa shape index (κ1) is 58.9. The largest absolute Gasteiger partial charge is 0.469 e. The molecule has 2 fully saturated rings. The number of halogens is 1. The van der Waals surface area contributed by atoms with Gasteiger partial charge in [0.2, 0.25) is 11.8 Å². The number of nitrogens with one attached hydrogen (secondary N) is 1. The van der Waals surface area contributed by atoms with Crippen LogP contribution in [0.15, 0.2) is 60.7 Å². The van der Waals surface area contributed by atoms with E-state index in [1.54, 1.807) is 14.3 Å². The molecule has 10 rings (SSSR count). The molecule has 6 aromatic rings. The van der Waals surface area contributed by atoms with Gasteiger partial charge in [-0.2, -0.15) is 0 Å². The minimum atomic E-state index is -0.832. The minimum absolute atomic E-state index is 0.0000729. The van der Waals surface area contributed by atoms with Crippen molar-refractivity contribution in [3.8, 4) is 0 Å². The van der Waals surface area contributed by atoms with E-state index in [-0.39, 0.29) is 57.8 Å². The normalized spacial score (nSPS) is 20.1. The quantitative estimate of drug-likeness (QED) is 0.108. The van der Waals surface area contributed by atoms with Gasteiger partial charge in [0.05, 0.1) is 54.5 Å². The lowest BCUT2D eigenvalue weighted by Crippen LogP contribution is -2.37. The topological polar surface area (TPSA) is 170 Å². The summed E-state index contributed by atoms with van der Waals surface area (Å²) < 4.78 is 14.0. The second-order valence-corrected chi connectivity index (χ2v) is 25.9. The summed E-state index contributed by atoms with van der Waals surface area (Å²) in [4.78, 5) is 56.2.